The molecule has 4 aromatic rings. The molecule has 4 aromatic carbocycles. The molecule has 0 nitrogen and oxygen atoms in total. The van der Waals surface area contributed by atoms with Crippen molar-refractivity contribution in [1.29, 1.82) is 0 Å². The van der Waals surface area contributed by atoms with Crippen LogP contribution in [0.4, 0.5) is 0 Å². The summed E-state index contributed by atoms with van der Waals surface area (Å²) < 4.78 is 0.581. The molecule has 0 radical (unpaired) electrons. The van der Waals surface area contributed by atoms with Crippen LogP contribution in [0.25, 0.3) is 33.5 Å². The largest absolute Gasteiger partial charge is 1.00 e. The number of hydrogen-bond donors (Lipinski definition) is 0. The van der Waals surface area contributed by atoms with Gasteiger partial charge in [-0.25, -0.2) is 0 Å². The van der Waals surface area contributed by atoms with Crippen LogP contribution in [-0.2, 0) is 24.7 Å². The number of rotatable bonds is 4. The average Bonchev–Trinajstić information content (AvgIpc) is 3.50. The molecule has 3 aliphatic rings. The van der Waals surface area contributed by atoms with Gasteiger partial charge < -0.3 is 24.8 Å². The standard InChI is InChI=1S/C36H33Si.2ClH.Zr/c1-22(2)29-21-30-27(24-13-8-6-9-14-24)17-12-18-28(30)34(29)31-20-26-19-23(3)35-33(26)32(36(31)37(35,4)5)25-15-10-7-11-16-25;;;/h6-22,34H,1-5H3;2*1H;/q;;;+2/p-2. The second-order valence-corrected chi connectivity index (χ2v) is 17.7. The van der Waals surface area contributed by atoms with E-state index in [0.29, 0.717) is 15.5 Å². The summed E-state index contributed by atoms with van der Waals surface area (Å²) in [4.78, 5) is 0. The quantitative estimate of drug-likeness (QED) is 0.297. The van der Waals surface area contributed by atoms with Gasteiger partial charge in [0.05, 0.1) is 0 Å². The van der Waals surface area contributed by atoms with Gasteiger partial charge in [0.2, 0.25) is 0 Å². The van der Waals surface area contributed by atoms with Crippen LogP contribution in [0.5, 0.6) is 0 Å². The van der Waals surface area contributed by atoms with Crippen molar-refractivity contribution in [3.63, 3.8) is 0 Å². The Bertz CT molecular complexity index is 1680. The van der Waals surface area contributed by atoms with Gasteiger partial charge in [0.1, 0.15) is 0 Å². The van der Waals surface area contributed by atoms with E-state index >= 15 is 0 Å². The zero-order chi connectivity index (χ0) is 26.3. The van der Waals surface area contributed by atoms with E-state index in [4.69, 9.17) is 0 Å². The Labute approximate surface area is 267 Å². The van der Waals surface area contributed by atoms with Gasteiger partial charge in [0.15, 0.2) is 0 Å². The maximum absolute atomic E-state index is 2.67. The van der Waals surface area contributed by atoms with E-state index in [1.807, 2.05) is 0 Å². The minimum absolute atomic E-state index is 0. The van der Waals surface area contributed by atoms with Gasteiger partial charge in [-0.1, -0.05) is 0 Å². The Balaban J connectivity index is 0.00000161. The van der Waals surface area contributed by atoms with Crippen LogP contribution in [0.1, 0.15) is 58.1 Å². The number of hydrogen-bond acceptors (Lipinski definition) is 0. The number of fused-ring (bicyclic) bond motifs is 2. The van der Waals surface area contributed by atoms with Gasteiger partial charge in [-0.3, -0.25) is 0 Å². The van der Waals surface area contributed by atoms with E-state index in [9.17, 15) is 0 Å². The molecule has 199 valence electrons. The third-order valence-corrected chi connectivity index (χ3v) is 14.8. The maximum atomic E-state index is 2.67. The minimum atomic E-state index is -1.88. The van der Waals surface area contributed by atoms with Gasteiger partial charge in [-0.15, -0.1) is 0 Å². The van der Waals surface area contributed by atoms with Gasteiger partial charge in [-0.2, -0.15) is 0 Å². The van der Waals surface area contributed by atoms with E-state index in [2.05, 4.69) is 125 Å². The predicted octanol–water partition coefficient (Wildman–Crippen LogP) is 3.06. The summed E-state index contributed by atoms with van der Waals surface area (Å²) in [6.07, 6.45) is 2.54. The Hall–Kier alpha value is -1.96. The second-order valence-electron chi connectivity index (χ2n) is 12.1. The zero-order valence-corrected chi connectivity index (χ0v) is 28.6. The van der Waals surface area contributed by atoms with Crippen LogP contribution in [0.2, 0.25) is 13.1 Å². The summed E-state index contributed by atoms with van der Waals surface area (Å²) in [6, 6.07) is 31.9. The van der Waals surface area contributed by atoms with Gasteiger partial charge in [-0.05, 0) is 0 Å². The summed E-state index contributed by atoms with van der Waals surface area (Å²) in [5.74, 6) is 0.812. The molecule has 0 N–H and O–H groups in total. The smallest absolute Gasteiger partial charge is 1.00 e. The Kier molecular flexibility index (Phi) is 7.90. The molecule has 4 heteroatoms. The van der Waals surface area contributed by atoms with Crippen LogP contribution in [-0.4, -0.2) is 8.07 Å². The summed E-state index contributed by atoms with van der Waals surface area (Å²) in [5.41, 5.74) is 16.6. The Morgan fingerprint density at radius 1 is 0.725 bits per heavy atom. The second kappa shape index (κ2) is 10.7. The maximum Gasteiger partial charge on any atom is -1.00 e. The van der Waals surface area contributed by atoms with Crippen molar-refractivity contribution in [2.75, 3.05) is 0 Å². The molecule has 1 heterocycles. The third-order valence-electron chi connectivity index (χ3n) is 9.25. The van der Waals surface area contributed by atoms with Crippen molar-refractivity contribution in [2.45, 2.75) is 43.4 Å². The molecule has 1 aliphatic heterocycles. The number of halogens is 2. The van der Waals surface area contributed by atoms with Crippen LogP contribution in [0.3, 0.4) is 0 Å². The minimum Gasteiger partial charge on any atom is -1.00 e. The third kappa shape index (κ3) is 4.09. The summed E-state index contributed by atoms with van der Waals surface area (Å²) in [5, 5.41) is 3.43. The van der Waals surface area contributed by atoms with Crippen molar-refractivity contribution >= 4 is 24.5 Å². The van der Waals surface area contributed by atoms with Crippen molar-refractivity contribution in [1.82, 2.24) is 0 Å². The fraction of sp³-hybridized carbons (Fsp3) is 0.222. The fourth-order valence-corrected chi connectivity index (χ4v) is 13.0. The molecule has 0 aromatic heterocycles. The van der Waals surface area contributed by atoms with Gasteiger partial charge in [0, 0.05) is 0 Å². The van der Waals surface area contributed by atoms with Crippen LogP contribution >= 0.6 is 0 Å². The molecule has 0 fully saturated rings. The van der Waals surface area contributed by atoms with Crippen molar-refractivity contribution < 1.29 is 49.5 Å². The first kappa shape index (κ1) is 29.5. The van der Waals surface area contributed by atoms with E-state index in [0.717, 1.165) is 0 Å². The van der Waals surface area contributed by atoms with Crippen LogP contribution < -0.4 is 30.0 Å². The normalized spacial score (nSPS) is 19.4. The van der Waals surface area contributed by atoms with E-state index < -0.39 is 8.07 Å². The molecule has 0 spiro atoms. The van der Waals surface area contributed by atoms with Gasteiger partial charge in [0.25, 0.3) is 0 Å². The first-order valence-corrected chi connectivity index (χ1v) is 18.3. The molecule has 2 bridgehead atoms. The van der Waals surface area contributed by atoms with E-state index in [1.165, 1.54) is 27.8 Å². The molecule has 40 heavy (non-hydrogen) atoms. The van der Waals surface area contributed by atoms with Gasteiger partial charge >= 0.3 is 245 Å². The van der Waals surface area contributed by atoms with E-state index in [1.54, 1.807) is 68.5 Å². The monoisotopic (exact) mass is 653 g/mol. The Morgan fingerprint density at radius 3 is 1.98 bits per heavy atom. The first-order valence-electron chi connectivity index (χ1n) is 13.9. The molecular weight excluding hydrogens is 623 g/mol. The predicted molar refractivity (Wildman–Crippen MR) is 161 cm³/mol. The summed E-state index contributed by atoms with van der Waals surface area (Å²) in [6.45, 7) is 12.4. The molecular formula is C36H33Cl2SiZr. The molecule has 0 amide bonds. The fourth-order valence-electron chi connectivity index (χ4n) is 7.66. The number of allylic oxidation sites excluding steroid dienone is 2. The van der Waals surface area contributed by atoms with Crippen LogP contribution in [0.15, 0.2) is 96.1 Å². The van der Waals surface area contributed by atoms with E-state index in [-0.39, 0.29) is 24.8 Å². The molecule has 2 aliphatic carbocycles. The first-order chi connectivity index (χ1) is 18.3. The Morgan fingerprint density at radius 2 is 1.35 bits per heavy atom. The molecule has 0 saturated carbocycles. The molecule has 2 atom stereocenters. The molecule has 0 saturated heterocycles. The molecule has 2 unspecified atom stereocenters. The topological polar surface area (TPSA) is 0 Å². The zero-order valence-electron chi connectivity index (χ0n) is 23.6. The number of benzene rings is 4. The van der Waals surface area contributed by atoms with Crippen LogP contribution in [0, 0.1) is 5.92 Å². The summed E-state index contributed by atoms with van der Waals surface area (Å²) in [7, 11) is -1.88. The van der Waals surface area contributed by atoms with Crippen molar-refractivity contribution in [2.24, 2.45) is 5.92 Å². The van der Waals surface area contributed by atoms with Crippen molar-refractivity contribution in [3.05, 3.63) is 124 Å². The van der Waals surface area contributed by atoms with Crippen molar-refractivity contribution in [3.8, 4) is 22.3 Å². The molecule has 7 rings (SSSR count). The SMILES string of the molecule is CC1=C2c3c(cc(C4C(C(C)C)=Cc5c(-c6ccccc6)cccc54)c(c3-c3ccccc3)[Si]2(C)C)[CH]1[Zr+2].[Cl-].[Cl-]. The average molecular weight is 656 g/mol. The summed E-state index contributed by atoms with van der Waals surface area (Å²) >= 11 is 1.62.